The van der Waals surface area contributed by atoms with E-state index >= 15 is 0 Å². The van der Waals surface area contributed by atoms with Crippen LogP contribution in [0.15, 0.2) is 42.9 Å². The summed E-state index contributed by atoms with van der Waals surface area (Å²) in [6, 6.07) is 6.08. The summed E-state index contributed by atoms with van der Waals surface area (Å²) in [4.78, 5) is 23.1. The third-order valence-electron chi connectivity index (χ3n) is 5.38. The Morgan fingerprint density at radius 2 is 1.97 bits per heavy atom. The molecule has 1 amide bonds. The lowest BCUT2D eigenvalue weighted by atomic mass is 10.1. The van der Waals surface area contributed by atoms with Crippen molar-refractivity contribution in [1.29, 1.82) is 0 Å². The van der Waals surface area contributed by atoms with E-state index in [-0.39, 0.29) is 17.5 Å². The minimum atomic E-state index is -0.369. The van der Waals surface area contributed by atoms with Gasteiger partial charge in [0.25, 0.3) is 5.91 Å². The maximum atomic E-state index is 13.7. The van der Waals surface area contributed by atoms with Gasteiger partial charge in [-0.3, -0.25) is 9.78 Å². The van der Waals surface area contributed by atoms with Gasteiger partial charge >= 0.3 is 0 Å². The SMILES string of the molecule is Nc1ncc2ccc(F)cc2c1C#Cc1cncc(C(=O)NCCN2CCCCC2)c1. The number of hydrogen-bond acceptors (Lipinski definition) is 5. The maximum Gasteiger partial charge on any atom is 0.252 e. The number of hydrogen-bond donors (Lipinski definition) is 2. The Bertz CT molecular complexity index is 1160. The number of nitrogens with one attached hydrogen (secondary N) is 1. The molecular formula is C24H24FN5O. The fourth-order valence-electron chi connectivity index (χ4n) is 3.71. The molecule has 0 aliphatic carbocycles. The molecule has 0 radical (unpaired) electrons. The second-order valence-electron chi connectivity index (χ2n) is 7.62. The molecule has 1 aliphatic rings. The Hall–Kier alpha value is -3.50. The molecular weight excluding hydrogens is 393 g/mol. The summed E-state index contributed by atoms with van der Waals surface area (Å²) >= 11 is 0. The average Bonchev–Trinajstić information content (AvgIpc) is 2.79. The second-order valence-corrected chi connectivity index (χ2v) is 7.62. The standard InChI is InChI=1S/C24H24FN5O/c25-20-6-5-18-16-29-23(26)21(22(18)13-20)7-4-17-12-19(15-27-14-17)24(31)28-8-11-30-9-2-1-3-10-30/h5-6,12-16H,1-3,8-11H2,(H2,26,29)(H,28,31). The van der Waals surface area contributed by atoms with Gasteiger partial charge in [0.2, 0.25) is 0 Å². The van der Waals surface area contributed by atoms with Gasteiger partial charge in [0.15, 0.2) is 0 Å². The van der Waals surface area contributed by atoms with Crippen LogP contribution in [0.2, 0.25) is 0 Å². The zero-order chi connectivity index (χ0) is 21.6. The van der Waals surface area contributed by atoms with Crippen LogP contribution in [0.4, 0.5) is 10.2 Å². The molecule has 3 aromatic rings. The van der Waals surface area contributed by atoms with Crippen molar-refractivity contribution in [2.75, 3.05) is 31.9 Å². The normalized spacial score (nSPS) is 14.1. The Morgan fingerprint density at radius 3 is 2.81 bits per heavy atom. The van der Waals surface area contributed by atoms with Gasteiger partial charge in [-0.05, 0) is 50.2 Å². The number of carbonyl (C=O) groups excluding carboxylic acids is 1. The summed E-state index contributed by atoms with van der Waals surface area (Å²) in [7, 11) is 0. The Labute approximate surface area is 180 Å². The van der Waals surface area contributed by atoms with E-state index < -0.39 is 0 Å². The molecule has 2 aromatic heterocycles. The molecule has 7 heteroatoms. The maximum absolute atomic E-state index is 13.7. The summed E-state index contributed by atoms with van der Waals surface area (Å²) < 4.78 is 13.7. The molecule has 158 valence electrons. The number of benzene rings is 1. The predicted octanol–water partition coefficient (Wildman–Crippen LogP) is 2.97. The summed E-state index contributed by atoms with van der Waals surface area (Å²) in [6.07, 6.45) is 8.42. The summed E-state index contributed by atoms with van der Waals surface area (Å²) in [5, 5.41) is 4.29. The number of pyridine rings is 2. The third kappa shape index (κ3) is 5.16. The number of anilines is 1. The highest BCUT2D eigenvalue weighted by Crippen LogP contribution is 2.22. The third-order valence-corrected chi connectivity index (χ3v) is 5.38. The van der Waals surface area contributed by atoms with Gasteiger partial charge < -0.3 is 16.0 Å². The topological polar surface area (TPSA) is 84.1 Å². The van der Waals surface area contributed by atoms with E-state index in [1.54, 1.807) is 24.5 Å². The number of rotatable bonds is 4. The van der Waals surface area contributed by atoms with E-state index in [2.05, 4.69) is 32.0 Å². The van der Waals surface area contributed by atoms with Crippen LogP contribution in [0.25, 0.3) is 10.8 Å². The molecule has 3 heterocycles. The molecule has 0 unspecified atom stereocenters. The Morgan fingerprint density at radius 1 is 1.13 bits per heavy atom. The predicted molar refractivity (Wildman–Crippen MR) is 119 cm³/mol. The summed E-state index contributed by atoms with van der Waals surface area (Å²) in [5.41, 5.74) is 7.44. The number of piperidine rings is 1. The first-order valence-corrected chi connectivity index (χ1v) is 10.4. The first kappa shape index (κ1) is 20.8. The number of aromatic nitrogens is 2. The Balaban J connectivity index is 1.48. The molecule has 0 spiro atoms. The van der Waals surface area contributed by atoms with Crippen LogP contribution in [0.3, 0.4) is 0 Å². The molecule has 0 saturated carbocycles. The average molecular weight is 417 g/mol. The van der Waals surface area contributed by atoms with Crippen molar-refractivity contribution in [2.24, 2.45) is 0 Å². The molecule has 1 fully saturated rings. The lowest BCUT2D eigenvalue weighted by molar-refractivity contribution is 0.0946. The number of likely N-dealkylation sites (tertiary alicyclic amines) is 1. The molecule has 0 bridgehead atoms. The highest BCUT2D eigenvalue weighted by molar-refractivity contribution is 5.94. The zero-order valence-electron chi connectivity index (χ0n) is 17.2. The number of halogens is 1. The van der Waals surface area contributed by atoms with Crippen molar-refractivity contribution in [3.8, 4) is 11.8 Å². The highest BCUT2D eigenvalue weighted by Gasteiger charge is 2.11. The molecule has 1 aliphatic heterocycles. The minimum absolute atomic E-state index is 0.179. The molecule has 1 aromatic carbocycles. The van der Waals surface area contributed by atoms with Crippen molar-refractivity contribution in [1.82, 2.24) is 20.2 Å². The van der Waals surface area contributed by atoms with Gasteiger partial charge in [-0.2, -0.15) is 0 Å². The minimum Gasteiger partial charge on any atom is -0.383 e. The number of fused-ring (bicyclic) bond motifs is 1. The van der Waals surface area contributed by atoms with E-state index in [9.17, 15) is 9.18 Å². The number of amides is 1. The quantitative estimate of drug-likeness (QED) is 0.638. The second kappa shape index (κ2) is 9.54. The van der Waals surface area contributed by atoms with Crippen LogP contribution in [0.5, 0.6) is 0 Å². The fourth-order valence-corrected chi connectivity index (χ4v) is 3.71. The molecule has 0 atom stereocenters. The number of nitrogens with two attached hydrogens (primary N) is 1. The van der Waals surface area contributed by atoms with Crippen molar-refractivity contribution in [3.63, 3.8) is 0 Å². The molecule has 3 N–H and O–H groups in total. The van der Waals surface area contributed by atoms with Crippen molar-refractivity contribution < 1.29 is 9.18 Å². The van der Waals surface area contributed by atoms with E-state index in [4.69, 9.17) is 5.73 Å². The monoisotopic (exact) mass is 417 g/mol. The fraction of sp³-hybridized carbons (Fsp3) is 0.292. The van der Waals surface area contributed by atoms with Crippen LogP contribution in [-0.2, 0) is 0 Å². The zero-order valence-corrected chi connectivity index (χ0v) is 17.2. The lowest BCUT2D eigenvalue weighted by Gasteiger charge is -2.26. The van der Waals surface area contributed by atoms with Gasteiger partial charge in [0.1, 0.15) is 11.6 Å². The number of nitrogens with zero attached hydrogens (tertiary/aromatic N) is 3. The van der Waals surface area contributed by atoms with Crippen LogP contribution in [0.1, 0.15) is 40.7 Å². The first-order chi connectivity index (χ1) is 15.1. The van der Waals surface area contributed by atoms with Crippen molar-refractivity contribution >= 4 is 22.5 Å². The summed E-state index contributed by atoms with van der Waals surface area (Å²) in [6.45, 7) is 3.64. The van der Waals surface area contributed by atoms with Crippen molar-refractivity contribution in [3.05, 3.63) is 65.4 Å². The van der Waals surface area contributed by atoms with Gasteiger partial charge in [0.05, 0.1) is 11.1 Å². The smallest absolute Gasteiger partial charge is 0.252 e. The molecule has 1 saturated heterocycles. The summed E-state index contributed by atoms with van der Waals surface area (Å²) in [5.74, 6) is 5.62. The van der Waals surface area contributed by atoms with E-state index in [1.807, 2.05) is 0 Å². The van der Waals surface area contributed by atoms with Crippen LogP contribution in [-0.4, -0.2) is 47.0 Å². The Kier molecular flexibility index (Phi) is 6.39. The van der Waals surface area contributed by atoms with Gasteiger partial charge in [-0.1, -0.05) is 18.3 Å². The number of carbonyl (C=O) groups is 1. The lowest BCUT2D eigenvalue weighted by Crippen LogP contribution is -2.37. The highest BCUT2D eigenvalue weighted by atomic mass is 19.1. The van der Waals surface area contributed by atoms with E-state index in [0.717, 1.165) is 25.0 Å². The van der Waals surface area contributed by atoms with Gasteiger partial charge in [-0.15, -0.1) is 0 Å². The molecule has 4 rings (SSSR count). The molecule has 6 nitrogen and oxygen atoms in total. The first-order valence-electron chi connectivity index (χ1n) is 10.4. The molecule has 31 heavy (non-hydrogen) atoms. The van der Waals surface area contributed by atoms with Crippen molar-refractivity contribution in [2.45, 2.75) is 19.3 Å². The van der Waals surface area contributed by atoms with Crippen LogP contribution >= 0.6 is 0 Å². The van der Waals surface area contributed by atoms with Crippen LogP contribution in [0, 0.1) is 17.7 Å². The van der Waals surface area contributed by atoms with Gasteiger partial charge in [-0.25, -0.2) is 9.37 Å². The number of nitrogen functional groups attached to an aromatic ring is 1. The van der Waals surface area contributed by atoms with E-state index in [0.29, 0.717) is 28.6 Å². The van der Waals surface area contributed by atoms with Gasteiger partial charge in [0, 0.05) is 48.0 Å². The van der Waals surface area contributed by atoms with Crippen LogP contribution < -0.4 is 11.1 Å². The van der Waals surface area contributed by atoms with E-state index in [1.165, 1.54) is 37.6 Å². The largest absolute Gasteiger partial charge is 0.383 e.